The van der Waals surface area contributed by atoms with Gasteiger partial charge in [-0.25, -0.2) is 0 Å². The number of hydrogen-bond donors (Lipinski definition) is 0. The number of anilines is 6. The van der Waals surface area contributed by atoms with Gasteiger partial charge in [-0.1, -0.05) is 162 Å². The van der Waals surface area contributed by atoms with Crippen LogP contribution in [0.1, 0.15) is 140 Å². The summed E-state index contributed by atoms with van der Waals surface area (Å²) in [6.45, 7) is 33.2. The summed E-state index contributed by atoms with van der Waals surface area (Å²) in [4.78, 5) is 5.17. The number of hydrogen-bond acceptors (Lipinski definition) is 2. The van der Waals surface area contributed by atoms with Gasteiger partial charge in [0.2, 0.25) is 0 Å². The van der Waals surface area contributed by atoms with Gasteiger partial charge in [0.05, 0.1) is 5.69 Å². The first-order chi connectivity index (χ1) is 32.6. The highest BCUT2D eigenvalue weighted by Gasteiger charge is 2.48. The Balaban J connectivity index is 1.17. The Morgan fingerprint density at radius 1 is 0.522 bits per heavy atom. The molecule has 0 bridgehead atoms. The Kier molecular flexibility index (Phi) is 9.19. The number of rotatable bonds is 4. The van der Waals surface area contributed by atoms with Crippen LogP contribution in [0.5, 0.6) is 0 Å². The van der Waals surface area contributed by atoms with Crippen molar-refractivity contribution in [2.24, 2.45) is 0 Å². The van der Waals surface area contributed by atoms with E-state index in [0.29, 0.717) is 0 Å². The molecule has 0 radical (unpaired) electrons. The first kappa shape index (κ1) is 44.0. The van der Waals surface area contributed by atoms with Crippen LogP contribution in [0.3, 0.4) is 0 Å². The molecule has 3 heterocycles. The molecular formula is C65H68BN3. The fourth-order valence-corrected chi connectivity index (χ4v) is 13.1. The molecule has 0 atom stereocenters. The molecule has 4 aliphatic rings. The SMILES string of the molecule is Cc1cc2c3c(c1)-n1c4c(c5cccc(c51)B3c1ccc(N(c3ccc(C(C)(C)C)cc3)c3ccc(C(C)(C)C)cc3)cc1N2c1cc2c(cc1C)C(C)(C)CCC2(C)C)C(C)(C)c1ccccc1-4. The monoisotopic (exact) mass is 902 g/mol. The van der Waals surface area contributed by atoms with E-state index in [1.807, 2.05) is 0 Å². The second kappa shape index (κ2) is 14.4. The molecule has 0 saturated heterocycles. The number of para-hydroxylation sites is 1. The summed E-state index contributed by atoms with van der Waals surface area (Å²) in [7, 11) is 0. The minimum Gasteiger partial charge on any atom is -0.311 e. The van der Waals surface area contributed by atoms with Crippen molar-refractivity contribution in [1.82, 2.24) is 4.57 Å². The maximum absolute atomic E-state index is 2.69. The lowest BCUT2D eigenvalue weighted by atomic mass is 9.33. The van der Waals surface area contributed by atoms with Crippen LogP contribution in [-0.2, 0) is 27.1 Å². The van der Waals surface area contributed by atoms with Gasteiger partial charge in [0, 0.05) is 61.7 Å². The van der Waals surface area contributed by atoms with Gasteiger partial charge in [0.1, 0.15) is 0 Å². The largest absolute Gasteiger partial charge is 0.311 e. The summed E-state index contributed by atoms with van der Waals surface area (Å²) < 4.78 is 2.68. The van der Waals surface area contributed by atoms with Crippen LogP contribution in [0.25, 0.3) is 27.8 Å². The fourth-order valence-electron chi connectivity index (χ4n) is 13.1. The summed E-state index contributed by atoms with van der Waals surface area (Å²) in [6.07, 6.45) is 2.35. The molecule has 69 heavy (non-hydrogen) atoms. The molecule has 1 aromatic heterocycles. The average Bonchev–Trinajstić information content (AvgIpc) is 3.77. The molecule has 7 aromatic carbocycles. The zero-order valence-electron chi connectivity index (χ0n) is 43.5. The van der Waals surface area contributed by atoms with Gasteiger partial charge < -0.3 is 14.4 Å². The molecule has 12 rings (SSSR count). The smallest absolute Gasteiger partial charge is 0.252 e. The Hall–Kier alpha value is -6.26. The highest BCUT2D eigenvalue weighted by Crippen LogP contribution is 2.56. The van der Waals surface area contributed by atoms with Crippen LogP contribution >= 0.6 is 0 Å². The van der Waals surface area contributed by atoms with E-state index in [0.717, 1.165) is 17.1 Å². The van der Waals surface area contributed by atoms with E-state index in [-0.39, 0.29) is 33.8 Å². The third-order valence-corrected chi connectivity index (χ3v) is 17.1. The molecule has 8 aromatic rings. The van der Waals surface area contributed by atoms with Crippen molar-refractivity contribution in [2.45, 2.75) is 137 Å². The quantitative estimate of drug-likeness (QED) is 0.163. The zero-order valence-corrected chi connectivity index (χ0v) is 43.5. The van der Waals surface area contributed by atoms with Crippen molar-refractivity contribution < 1.29 is 0 Å². The third-order valence-electron chi connectivity index (χ3n) is 17.1. The Morgan fingerprint density at radius 2 is 1.10 bits per heavy atom. The number of fused-ring (bicyclic) bond motifs is 10. The molecule has 4 heteroatoms. The van der Waals surface area contributed by atoms with Crippen molar-refractivity contribution >= 4 is 68.1 Å². The van der Waals surface area contributed by atoms with Crippen LogP contribution in [0.4, 0.5) is 34.1 Å². The predicted molar refractivity (Wildman–Crippen MR) is 297 cm³/mol. The lowest BCUT2D eigenvalue weighted by Crippen LogP contribution is -2.60. The molecule has 3 nitrogen and oxygen atoms in total. The van der Waals surface area contributed by atoms with E-state index in [1.165, 1.54) is 119 Å². The van der Waals surface area contributed by atoms with Crippen molar-refractivity contribution in [2.75, 3.05) is 9.80 Å². The van der Waals surface area contributed by atoms with Gasteiger partial charge >= 0.3 is 0 Å². The second-order valence-corrected chi connectivity index (χ2v) is 25.1. The van der Waals surface area contributed by atoms with Gasteiger partial charge in [0.25, 0.3) is 6.71 Å². The standard InChI is InChI=1S/C65H68BN3/c1-39-34-55-58-56(35-39)69-59-47(57-60(69)46-18-15-16-20-48(46)65(57,13)14)19-17-21-52(59)66(58)51-31-30-45(37-54(51)68(55)53-38-50-49(36-40(53)2)63(9,10)32-33-64(50,11)12)67(43-26-22-41(23-27-43)61(3,4)5)44-28-24-42(25-29-44)62(6,7)8/h15-31,34-38H,32-33H2,1-14H3. The minimum absolute atomic E-state index is 0.0411. The lowest BCUT2D eigenvalue weighted by Gasteiger charge is -2.45. The van der Waals surface area contributed by atoms with Gasteiger partial charge in [-0.15, -0.1) is 0 Å². The van der Waals surface area contributed by atoms with E-state index in [1.54, 1.807) is 0 Å². The fraction of sp³-hybridized carbons (Fsp3) is 0.323. The number of aryl methyl sites for hydroxylation is 2. The van der Waals surface area contributed by atoms with Crippen molar-refractivity contribution in [3.05, 3.63) is 178 Å². The highest BCUT2D eigenvalue weighted by atomic mass is 15.2. The number of benzene rings is 7. The van der Waals surface area contributed by atoms with Crippen LogP contribution in [0, 0.1) is 13.8 Å². The summed E-state index contributed by atoms with van der Waals surface area (Å²) in [5.74, 6) is 0. The van der Waals surface area contributed by atoms with Gasteiger partial charge in [-0.2, -0.15) is 0 Å². The third kappa shape index (κ3) is 6.32. The average molecular weight is 902 g/mol. The van der Waals surface area contributed by atoms with Crippen molar-refractivity contribution in [3.63, 3.8) is 0 Å². The van der Waals surface area contributed by atoms with Gasteiger partial charge in [-0.05, 0) is 164 Å². The van der Waals surface area contributed by atoms with E-state index < -0.39 is 0 Å². The minimum atomic E-state index is -0.139. The molecule has 0 amide bonds. The normalized spacial score (nSPS) is 16.7. The number of aromatic nitrogens is 1. The Morgan fingerprint density at radius 3 is 1.72 bits per heavy atom. The Labute approximate surface area is 412 Å². The van der Waals surface area contributed by atoms with E-state index in [2.05, 4.69) is 245 Å². The van der Waals surface area contributed by atoms with Crippen LogP contribution in [-0.4, -0.2) is 11.3 Å². The number of nitrogens with zero attached hydrogens (tertiary/aromatic N) is 3. The maximum Gasteiger partial charge on any atom is 0.252 e. The zero-order chi connectivity index (χ0) is 48.5. The summed E-state index contributed by atoms with van der Waals surface area (Å²) in [5.41, 5.74) is 27.9. The molecule has 0 spiro atoms. The molecule has 0 N–H and O–H groups in total. The topological polar surface area (TPSA) is 11.4 Å². The summed E-state index contributed by atoms with van der Waals surface area (Å²) >= 11 is 0. The highest BCUT2D eigenvalue weighted by molar-refractivity contribution is 7.00. The summed E-state index contributed by atoms with van der Waals surface area (Å²) in [6, 6.07) is 52.5. The van der Waals surface area contributed by atoms with E-state index >= 15 is 0 Å². The van der Waals surface area contributed by atoms with E-state index in [4.69, 9.17) is 0 Å². The lowest BCUT2D eigenvalue weighted by molar-refractivity contribution is 0.332. The van der Waals surface area contributed by atoms with Crippen molar-refractivity contribution in [1.29, 1.82) is 0 Å². The molecule has 0 unspecified atom stereocenters. The molecule has 0 saturated carbocycles. The van der Waals surface area contributed by atoms with Crippen LogP contribution in [0.2, 0.25) is 0 Å². The molecule has 2 aliphatic carbocycles. The predicted octanol–water partition coefficient (Wildman–Crippen LogP) is 15.6. The van der Waals surface area contributed by atoms with Crippen molar-refractivity contribution in [3.8, 4) is 16.9 Å². The first-order valence-electron chi connectivity index (χ1n) is 25.6. The molecule has 346 valence electrons. The Bertz CT molecular complexity index is 3400. The molecular weight excluding hydrogens is 834 g/mol. The summed E-state index contributed by atoms with van der Waals surface area (Å²) in [5, 5.41) is 1.37. The van der Waals surface area contributed by atoms with Gasteiger partial charge in [-0.3, -0.25) is 0 Å². The van der Waals surface area contributed by atoms with E-state index in [9.17, 15) is 0 Å². The van der Waals surface area contributed by atoms with Crippen LogP contribution < -0.4 is 26.2 Å². The van der Waals surface area contributed by atoms with Gasteiger partial charge in [0.15, 0.2) is 0 Å². The molecule has 0 fully saturated rings. The van der Waals surface area contributed by atoms with Crippen LogP contribution in [0.15, 0.2) is 133 Å². The maximum atomic E-state index is 2.69. The first-order valence-corrected chi connectivity index (χ1v) is 25.6. The molecule has 2 aliphatic heterocycles. The second-order valence-electron chi connectivity index (χ2n) is 25.1.